The van der Waals surface area contributed by atoms with Crippen LogP contribution in [0.15, 0.2) is 61.2 Å². The van der Waals surface area contributed by atoms with Crippen LogP contribution in [0.3, 0.4) is 0 Å². The second kappa shape index (κ2) is 7.50. The summed E-state index contributed by atoms with van der Waals surface area (Å²) in [6, 6.07) is 18.7. The van der Waals surface area contributed by atoms with E-state index in [0.29, 0.717) is 5.92 Å². The Morgan fingerprint density at radius 3 is 1.83 bits per heavy atom. The standard InChI is InChI=1S/C10H14.C8H8/c1-8(2)10-6-4-9(3)5-7-10;1-2-8-6-4-3-5-7-8/h4-8H,1-3H3;2-7H,1H2. The van der Waals surface area contributed by atoms with E-state index >= 15 is 0 Å². The van der Waals surface area contributed by atoms with Gasteiger partial charge in [-0.1, -0.05) is 86.7 Å². The fraction of sp³-hybridized carbons (Fsp3) is 0.222. The lowest BCUT2D eigenvalue weighted by Gasteiger charge is -2.03. The maximum absolute atomic E-state index is 3.63. The van der Waals surface area contributed by atoms with E-state index in [0.717, 1.165) is 0 Å². The molecule has 0 nitrogen and oxygen atoms in total. The van der Waals surface area contributed by atoms with Crippen LogP contribution in [0, 0.1) is 6.92 Å². The van der Waals surface area contributed by atoms with Gasteiger partial charge in [-0.3, -0.25) is 0 Å². The highest BCUT2D eigenvalue weighted by atomic mass is 14.0. The van der Waals surface area contributed by atoms with Crippen LogP contribution in [0.1, 0.15) is 36.5 Å². The van der Waals surface area contributed by atoms with E-state index in [1.54, 1.807) is 0 Å². The molecule has 0 radical (unpaired) electrons. The fourth-order valence-corrected chi connectivity index (χ4v) is 1.54. The predicted octanol–water partition coefficient (Wildman–Crippen LogP) is 5.45. The lowest BCUT2D eigenvalue weighted by molar-refractivity contribution is 0.866. The van der Waals surface area contributed by atoms with Crippen molar-refractivity contribution in [2.75, 3.05) is 0 Å². The van der Waals surface area contributed by atoms with Gasteiger partial charge in [0.15, 0.2) is 0 Å². The summed E-state index contributed by atoms with van der Waals surface area (Å²) < 4.78 is 0. The molecule has 0 aliphatic rings. The van der Waals surface area contributed by atoms with Gasteiger partial charge in [0, 0.05) is 0 Å². The molecule has 2 rings (SSSR count). The molecular weight excluding hydrogens is 216 g/mol. The number of benzene rings is 2. The molecule has 2 aromatic rings. The third-order valence-corrected chi connectivity index (χ3v) is 2.78. The van der Waals surface area contributed by atoms with Crippen LogP contribution in [-0.4, -0.2) is 0 Å². The normalized spacial score (nSPS) is 9.56. The smallest absolute Gasteiger partial charge is 0.0219 e. The van der Waals surface area contributed by atoms with Crippen molar-refractivity contribution in [3.63, 3.8) is 0 Å². The Morgan fingerprint density at radius 2 is 1.44 bits per heavy atom. The topological polar surface area (TPSA) is 0 Å². The van der Waals surface area contributed by atoms with Crippen molar-refractivity contribution in [2.45, 2.75) is 26.7 Å². The number of hydrogen-bond acceptors (Lipinski definition) is 0. The lowest BCUT2D eigenvalue weighted by atomic mass is 10.0. The molecule has 18 heavy (non-hydrogen) atoms. The molecule has 0 amide bonds. The first kappa shape index (κ1) is 14.2. The van der Waals surface area contributed by atoms with Gasteiger partial charge in [0.05, 0.1) is 0 Å². The van der Waals surface area contributed by atoms with Gasteiger partial charge in [0.1, 0.15) is 0 Å². The molecule has 0 heterocycles. The van der Waals surface area contributed by atoms with Crippen molar-refractivity contribution >= 4 is 6.08 Å². The quantitative estimate of drug-likeness (QED) is 0.652. The molecule has 0 saturated heterocycles. The molecule has 0 heteroatoms. The molecule has 0 aliphatic heterocycles. The minimum absolute atomic E-state index is 0.653. The largest absolute Gasteiger partial charge is 0.0985 e. The zero-order valence-corrected chi connectivity index (χ0v) is 11.6. The van der Waals surface area contributed by atoms with Crippen molar-refractivity contribution in [3.05, 3.63) is 77.9 Å². The zero-order valence-electron chi connectivity index (χ0n) is 11.6. The summed E-state index contributed by atoms with van der Waals surface area (Å²) in [4.78, 5) is 0. The van der Waals surface area contributed by atoms with Gasteiger partial charge in [-0.15, -0.1) is 0 Å². The van der Waals surface area contributed by atoms with Crippen LogP contribution >= 0.6 is 0 Å². The molecule has 0 N–H and O–H groups in total. The third-order valence-electron chi connectivity index (χ3n) is 2.78. The molecule has 0 atom stereocenters. The zero-order chi connectivity index (χ0) is 13.4. The van der Waals surface area contributed by atoms with Crippen LogP contribution in [-0.2, 0) is 0 Å². The highest BCUT2D eigenvalue weighted by molar-refractivity contribution is 5.45. The second-order valence-electron chi connectivity index (χ2n) is 4.68. The maximum Gasteiger partial charge on any atom is -0.0219 e. The van der Waals surface area contributed by atoms with Gasteiger partial charge in [-0.2, -0.15) is 0 Å². The van der Waals surface area contributed by atoms with Crippen molar-refractivity contribution < 1.29 is 0 Å². The van der Waals surface area contributed by atoms with Gasteiger partial charge in [0.25, 0.3) is 0 Å². The molecular formula is C18H22. The number of aryl methyl sites for hydroxylation is 1. The van der Waals surface area contributed by atoms with Gasteiger partial charge in [-0.05, 0) is 24.0 Å². The molecule has 0 unspecified atom stereocenters. The minimum atomic E-state index is 0.653. The number of hydrogen-bond donors (Lipinski definition) is 0. The molecule has 0 aromatic heterocycles. The van der Waals surface area contributed by atoms with E-state index < -0.39 is 0 Å². The summed E-state index contributed by atoms with van der Waals surface area (Å²) in [5, 5.41) is 0. The van der Waals surface area contributed by atoms with Gasteiger partial charge in [0.2, 0.25) is 0 Å². The van der Waals surface area contributed by atoms with Crippen LogP contribution in [0.2, 0.25) is 0 Å². The summed E-state index contributed by atoms with van der Waals surface area (Å²) in [6.45, 7) is 10.2. The first-order valence-corrected chi connectivity index (χ1v) is 6.37. The van der Waals surface area contributed by atoms with Crippen molar-refractivity contribution in [1.29, 1.82) is 0 Å². The first-order valence-electron chi connectivity index (χ1n) is 6.37. The Hall–Kier alpha value is -1.82. The Labute approximate surface area is 111 Å². The summed E-state index contributed by atoms with van der Waals surface area (Å²) in [5.74, 6) is 0.653. The SMILES string of the molecule is C=Cc1ccccc1.Cc1ccc(C(C)C)cc1. The molecule has 0 spiro atoms. The van der Waals surface area contributed by atoms with E-state index in [1.165, 1.54) is 16.7 Å². The maximum atomic E-state index is 3.63. The van der Waals surface area contributed by atoms with Gasteiger partial charge < -0.3 is 0 Å². The summed E-state index contributed by atoms with van der Waals surface area (Å²) >= 11 is 0. The molecule has 0 saturated carbocycles. The highest BCUT2D eigenvalue weighted by Crippen LogP contribution is 2.13. The van der Waals surface area contributed by atoms with Crippen molar-refractivity contribution in [3.8, 4) is 0 Å². The van der Waals surface area contributed by atoms with E-state index in [4.69, 9.17) is 0 Å². The average Bonchev–Trinajstić information content (AvgIpc) is 2.41. The van der Waals surface area contributed by atoms with E-state index in [-0.39, 0.29) is 0 Å². The Bertz CT molecular complexity index is 449. The fourth-order valence-electron chi connectivity index (χ4n) is 1.54. The monoisotopic (exact) mass is 238 g/mol. The Balaban J connectivity index is 0.000000184. The Kier molecular flexibility index (Phi) is 5.93. The van der Waals surface area contributed by atoms with Crippen molar-refractivity contribution in [1.82, 2.24) is 0 Å². The molecule has 0 fully saturated rings. The van der Waals surface area contributed by atoms with Crippen LogP contribution in [0.25, 0.3) is 6.08 Å². The van der Waals surface area contributed by atoms with Crippen LogP contribution in [0.4, 0.5) is 0 Å². The van der Waals surface area contributed by atoms with E-state index in [2.05, 4.69) is 51.6 Å². The Morgan fingerprint density at radius 1 is 0.889 bits per heavy atom. The summed E-state index contributed by atoms with van der Waals surface area (Å²) in [7, 11) is 0. The van der Waals surface area contributed by atoms with Gasteiger partial charge in [-0.25, -0.2) is 0 Å². The van der Waals surface area contributed by atoms with Crippen LogP contribution in [0.5, 0.6) is 0 Å². The lowest BCUT2D eigenvalue weighted by Crippen LogP contribution is -1.85. The second-order valence-corrected chi connectivity index (χ2v) is 4.68. The first-order chi connectivity index (χ1) is 8.63. The molecule has 0 aliphatic carbocycles. The molecule has 2 aromatic carbocycles. The van der Waals surface area contributed by atoms with E-state index in [1.807, 2.05) is 36.4 Å². The average molecular weight is 238 g/mol. The highest BCUT2D eigenvalue weighted by Gasteiger charge is 1.95. The number of rotatable bonds is 2. The summed E-state index contributed by atoms with van der Waals surface area (Å²) in [5.41, 5.74) is 3.93. The molecule has 0 bridgehead atoms. The van der Waals surface area contributed by atoms with Crippen LogP contribution < -0.4 is 0 Å². The predicted molar refractivity (Wildman–Crippen MR) is 81.8 cm³/mol. The minimum Gasteiger partial charge on any atom is -0.0985 e. The van der Waals surface area contributed by atoms with E-state index in [9.17, 15) is 0 Å². The van der Waals surface area contributed by atoms with Gasteiger partial charge >= 0.3 is 0 Å². The summed E-state index contributed by atoms with van der Waals surface area (Å²) in [6.07, 6.45) is 1.83. The molecule has 94 valence electrons. The van der Waals surface area contributed by atoms with Crippen molar-refractivity contribution in [2.24, 2.45) is 0 Å². The third kappa shape index (κ3) is 5.01.